The third-order valence-electron chi connectivity index (χ3n) is 2.83. The number of rotatable bonds is 3. The molecule has 3 aromatic rings. The molecule has 0 atom stereocenters. The van der Waals surface area contributed by atoms with E-state index in [1.165, 1.54) is 17.8 Å². The Kier molecular flexibility index (Phi) is 3.04. The summed E-state index contributed by atoms with van der Waals surface area (Å²) in [5.41, 5.74) is 1.57. The molecule has 0 bridgehead atoms. The van der Waals surface area contributed by atoms with Crippen LogP contribution in [-0.2, 0) is 0 Å². The molecule has 0 aliphatic heterocycles. The molecule has 1 amide bonds. The predicted octanol–water partition coefficient (Wildman–Crippen LogP) is 1.99. The van der Waals surface area contributed by atoms with Gasteiger partial charge in [-0.2, -0.15) is 10.1 Å². The number of carbonyl (C=O) groups excluding carboxylic acids is 1. The Bertz CT molecular complexity index is 752. The van der Waals surface area contributed by atoms with E-state index in [-0.39, 0.29) is 5.91 Å². The molecule has 0 aliphatic rings. The van der Waals surface area contributed by atoms with Crippen LogP contribution < -0.4 is 10.1 Å². The van der Waals surface area contributed by atoms with Crippen molar-refractivity contribution >= 4 is 17.2 Å². The number of amides is 1. The molecule has 0 unspecified atom stereocenters. The summed E-state index contributed by atoms with van der Waals surface area (Å²) < 4.78 is 6.59. The Labute approximate surface area is 115 Å². The van der Waals surface area contributed by atoms with Gasteiger partial charge in [-0.25, -0.2) is 4.52 Å². The number of benzene rings is 1. The van der Waals surface area contributed by atoms with E-state index in [4.69, 9.17) is 4.74 Å². The zero-order valence-corrected chi connectivity index (χ0v) is 10.8. The lowest BCUT2D eigenvalue weighted by atomic mass is 10.2. The lowest BCUT2D eigenvalue weighted by molar-refractivity contribution is 0.102. The summed E-state index contributed by atoms with van der Waals surface area (Å²) in [6.07, 6.45) is 3.18. The topological polar surface area (TPSA) is 68.5 Å². The first kappa shape index (κ1) is 12.2. The quantitative estimate of drug-likeness (QED) is 0.788. The van der Waals surface area contributed by atoms with Gasteiger partial charge in [-0.05, 0) is 12.1 Å². The van der Waals surface area contributed by atoms with Crippen LogP contribution >= 0.6 is 0 Å². The average molecular weight is 268 g/mol. The van der Waals surface area contributed by atoms with Crippen molar-refractivity contribution in [2.24, 2.45) is 0 Å². The minimum absolute atomic E-state index is 0.257. The van der Waals surface area contributed by atoms with Crippen molar-refractivity contribution in [2.45, 2.75) is 0 Å². The highest BCUT2D eigenvalue weighted by molar-refractivity contribution is 6.08. The van der Waals surface area contributed by atoms with E-state index in [0.29, 0.717) is 17.1 Å². The van der Waals surface area contributed by atoms with Gasteiger partial charge in [-0.1, -0.05) is 18.2 Å². The number of methoxy groups -OCH3 is 1. The highest BCUT2D eigenvalue weighted by Crippen LogP contribution is 2.15. The normalized spacial score (nSPS) is 10.4. The number of nitrogens with zero attached hydrogens (tertiary/aromatic N) is 3. The molecule has 2 aromatic heterocycles. The Morgan fingerprint density at radius 3 is 2.80 bits per heavy atom. The Balaban J connectivity index is 1.95. The molecule has 0 saturated carbocycles. The molecule has 1 aromatic carbocycles. The maximum Gasteiger partial charge on any atom is 0.261 e. The first-order valence-corrected chi connectivity index (χ1v) is 6.03. The molecule has 3 rings (SSSR count). The lowest BCUT2D eigenvalue weighted by Gasteiger charge is -2.04. The second-order valence-corrected chi connectivity index (χ2v) is 4.12. The average Bonchev–Trinajstić information content (AvgIpc) is 2.91. The maximum atomic E-state index is 12.2. The van der Waals surface area contributed by atoms with Crippen LogP contribution in [0, 0.1) is 0 Å². The van der Waals surface area contributed by atoms with E-state index in [2.05, 4.69) is 15.4 Å². The zero-order valence-electron chi connectivity index (χ0n) is 10.8. The van der Waals surface area contributed by atoms with E-state index in [1.54, 1.807) is 12.3 Å². The van der Waals surface area contributed by atoms with Gasteiger partial charge in [0.15, 0.2) is 5.65 Å². The fraction of sp³-hybridized carbons (Fsp3) is 0.0714. The third kappa shape index (κ3) is 2.18. The monoisotopic (exact) mass is 268 g/mol. The van der Waals surface area contributed by atoms with Crippen LogP contribution in [0.2, 0.25) is 0 Å². The van der Waals surface area contributed by atoms with Gasteiger partial charge in [0.1, 0.15) is 5.56 Å². The molecular formula is C14H12N4O2. The summed E-state index contributed by atoms with van der Waals surface area (Å²) in [6.45, 7) is 0. The molecule has 6 heteroatoms. The summed E-state index contributed by atoms with van der Waals surface area (Å²) in [5.74, 6) is 0.179. The standard InChI is InChI=1S/C14H12N4O2/c1-20-12-7-8-18-13(17-12)11(9-15-18)14(19)16-10-5-3-2-4-6-10/h2-9H,1H3,(H,16,19). The molecule has 0 saturated heterocycles. The van der Waals surface area contributed by atoms with Crippen molar-refractivity contribution in [3.05, 3.63) is 54.4 Å². The predicted molar refractivity (Wildman–Crippen MR) is 73.9 cm³/mol. The van der Waals surface area contributed by atoms with Gasteiger partial charge in [0.05, 0.1) is 13.3 Å². The first-order chi connectivity index (χ1) is 9.78. The number of hydrogen-bond acceptors (Lipinski definition) is 4. The summed E-state index contributed by atoms with van der Waals surface area (Å²) in [7, 11) is 1.53. The van der Waals surface area contributed by atoms with E-state index in [1.807, 2.05) is 30.3 Å². The van der Waals surface area contributed by atoms with Gasteiger partial charge < -0.3 is 10.1 Å². The van der Waals surface area contributed by atoms with Gasteiger partial charge in [-0.3, -0.25) is 4.79 Å². The number of ether oxygens (including phenoxy) is 1. The van der Waals surface area contributed by atoms with Gasteiger partial charge in [0, 0.05) is 18.0 Å². The Hall–Kier alpha value is -2.89. The van der Waals surface area contributed by atoms with Crippen LogP contribution in [0.15, 0.2) is 48.8 Å². The molecule has 0 fully saturated rings. The third-order valence-corrected chi connectivity index (χ3v) is 2.83. The van der Waals surface area contributed by atoms with E-state index in [0.717, 1.165) is 5.69 Å². The van der Waals surface area contributed by atoms with E-state index >= 15 is 0 Å². The number of carbonyl (C=O) groups is 1. The second kappa shape index (κ2) is 5.00. The van der Waals surface area contributed by atoms with Crippen molar-refractivity contribution in [3.8, 4) is 5.88 Å². The SMILES string of the molecule is COc1ccn2ncc(C(=O)Nc3ccccc3)c2n1. The lowest BCUT2D eigenvalue weighted by Crippen LogP contribution is -2.12. The number of fused-ring (bicyclic) bond motifs is 1. The summed E-state index contributed by atoms with van der Waals surface area (Å²) in [4.78, 5) is 16.5. The molecule has 0 radical (unpaired) electrons. The Morgan fingerprint density at radius 1 is 1.25 bits per heavy atom. The number of aromatic nitrogens is 3. The van der Waals surface area contributed by atoms with Crippen molar-refractivity contribution in [2.75, 3.05) is 12.4 Å². The summed E-state index contributed by atoms with van der Waals surface area (Å²) >= 11 is 0. The minimum Gasteiger partial charge on any atom is -0.481 e. The number of anilines is 1. The van der Waals surface area contributed by atoms with Crippen LogP contribution in [0.4, 0.5) is 5.69 Å². The molecule has 20 heavy (non-hydrogen) atoms. The van der Waals surface area contributed by atoms with Crippen LogP contribution in [0.5, 0.6) is 5.88 Å². The fourth-order valence-corrected chi connectivity index (χ4v) is 1.85. The smallest absolute Gasteiger partial charge is 0.261 e. The van der Waals surface area contributed by atoms with Crippen LogP contribution in [-0.4, -0.2) is 27.6 Å². The summed E-state index contributed by atoms with van der Waals surface area (Å²) in [5, 5.41) is 6.90. The molecule has 100 valence electrons. The van der Waals surface area contributed by atoms with Gasteiger partial charge in [0.2, 0.25) is 5.88 Å². The molecule has 6 nitrogen and oxygen atoms in total. The fourth-order valence-electron chi connectivity index (χ4n) is 1.85. The second-order valence-electron chi connectivity index (χ2n) is 4.12. The molecule has 2 heterocycles. The zero-order chi connectivity index (χ0) is 13.9. The number of para-hydroxylation sites is 1. The van der Waals surface area contributed by atoms with Crippen LogP contribution in [0.3, 0.4) is 0 Å². The highest BCUT2D eigenvalue weighted by atomic mass is 16.5. The van der Waals surface area contributed by atoms with Crippen LogP contribution in [0.1, 0.15) is 10.4 Å². The van der Waals surface area contributed by atoms with Crippen molar-refractivity contribution in [3.63, 3.8) is 0 Å². The number of hydrogen-bond donors (Lipinski definition) is 1. The maximum absolute atomic E-state index is 12.2. The summed E-state index contributed by atoms with van der Waals surface area (Å²) in [6, 6.07) is 10.9. The van der Waals surface area contributed by atoms with Gasteiger partial charge >= 0.3 is 0 Å². The Morgan fingerprint density at radius 2 is 2.05 bits per heavy atom. The van der Waals surface area contributed by atoms with Crippen LogP contribution in [0.25, 0.3) is 5.65 Å². The largest absolute Gasteiger partial charge is 0.481 e. The molecular weight excluding hydrogens is 256 g/mol. The van der Waals surface area contributed by atoms with Gasteiger partial charge in [0.25, 0.3) is 5.91 Å². The van der Waals surface area contributed by atoms with Crippen molar-refractivity contribution in [1.82, 2.24) is 14.6 Å². The number of nitrogens with one attached hydrogen (secondary N) is 1. The van der Waals surface area contributed by atoms with E-state index in [9.17, 15) is 4.79 Å². The van der Waals surface area contributed by atoms with Crippen molar-refractivity contribution in [1.29, 1.82) is 0 Å². The minimum atomic E-state index is -0.257. The van der Waals surface area contributed by atoms with Gasteiger partial charge in [-0.15, -0.1) is 0 Å². The van der Waals surface area contributed by atoms with Crippen molar-refractivity contribution < 1.29 is 9.53 Å². The highest BCUT2D eigenvalue weighted by Gasteiger charge is 2.14. The molecule has 1 N–H and O–H groups in total. The first-order valence-electron chi connectivity index (χ1n) is 6.03. The molecule has 0 spiro atoms. The molecule has 0 aliphatic carbocycles. The van der Waals surface area contributed by atoms with E-state index < -0.39 is 0 Å².